The number of nitrogens with zero attached hydrogens (tertiary/aromatic N) is 2. The standard InChI is InChI=1S/C19H16N4/c1-3-16(20-5-1)10-18-8-14(12-22-18)7-15-9-19(23-13-15)11-17-4-2-6-21-17/h1-6,8-13,22-23H,7H2/b16-10-,17-11+. The van der Waals surface area contributed by atoms with Crippen LogP contribution in [0, 0.1) is 0 Å². The molecule has 0 atom stereocenters. The Kier molecular flexibility index (Phi) is 3.48. The van der Waals surface area contributed by atoms with Gasteiger partial charge >= 0.3 is 0 Å². The number of aromatic amines is 2. The molecule has 2 aromatic heterocycles. The fourth-order valence-electron chi connectivity index (χ4n) is 2.64. The van der Waals surface area contributed by atoms with Crippen molar-refractivity contribution >= 4 is 24.6 Å². The number of aliphatic imine (C=N–C) groups is 2. The molecule has 0 spiro atoms. The third-order valence-electron chi connectivity index (χ3n) is 3.70. The maximum atomic E-state index is 4.25. The first-order chi connectivity index (χ1) is 11.3. The molecule has 0 aromatic carbocycles. The van der Waals surface area contributed by atoms with Gasteiger partial charge in [-0.25, -0.2) is 0 Å². The van der Waals surface area contributed by atoms with Crippen LogP contribution in [0.3, 0.4) is 0 Å². The molecule has 112 valence electrons. The Hall–Kier alpha value is -3.14. The van der Waals surface area contributed by atoms with Crippen molar-refractivity contribution in [2.75, 3.05) is 0 Å². The van der Waals surface area contributed by atoms with E-state index < -0.39 is 0 Å². The number of nitrogens with one attached hydrogen (secondary N) is 2. The van der Waals surface area contributed by atoms with Gasteiger partial charge in [0.15, 0.2) is 0 Å². The molecule has 2 aliphatic rings. The highest BCUT2D eigenvalue weighted by Crippen LogP contribution is 2.17. The average molecular weight is 300 g/mol. The van der Waals surface area contributed by atoms with Gasteiger partial charge in [0.1, 0.15) is 0 Å². The molecule has 23 heavy (non-hydrogen) atoms. The molecule has 0 saturated carbocycles. The van der Waals surface area contributed by atoms with Crippen LogP contribution in [0.25, 0.3) is 12.2 Å². The smallest absolute Gasteiger partial charge is 0.0650 e. The third kappa shape index (κ3) is 3.21. The number of rotatable bonds is 4. The molecule has 0 amide bonds. The van der Waals surface area contributed by atoms with Crippen LogP contribution in [0.5, 0.6) is 0 Å². The number of hydrogen-bond donors (Lipinski definition) is 2. The van der Waals surface area contributed by atoms with Crippen LogP contribution < -0.4 is 0 Å². The molecule has 2 N–H and O–H groups in total. The largest absolute Gasteiger partial charge is 0.361 e. The minimum Gasteiger partial charge on any atom is -0.361 e. The second kappa shape index (κ2) is 5.93. The molecule has 0 bridgehead atoms. The Morgan fingerprint density at radius 1 is 0.783 bits per heavy atom. The van der Waals surface area contributed by atoms with Gasteiger partial charge in [-0.15, -0.1) is 0 Å². The summed E-state index contributed by atoms with van der Waals surface area (Å²) in [5.74, 6) is 0. The van der Waals surface area contributed by atoms with E-state index in [1.807, 2.05) is 48.8 Å². The van der Waals surface area contributed by atoms with Gasteiger partial charge in [0.2, 0.25) is 0 Å². The van der Waals surface area contributed by atoms with Gasteiger partial charge in [0.05, 0.1) is 11.4 Å². The Balaban J connectivity index is 1.46. The summed E-state index contributed by atoms with van der Waals surface area (Å²) in [4.78, 5) is 15.1. The van der Waals surface area contributed by atoms with Gasteiger partial charge in [-0.1, -0.05) is 0 Å². The van der Waals surface area contributed by atoms with Gasteiger partial charge in [-0.3, -0.25) is 9.98 Å². The molecular weight excluding hydrogens is 284 g/mol. The van der Waals surface area contributed by atoms with Crippen molar-refractivity contribution in [3.63, 3.8) is 0 Å². The Morgan fingerprint density at radius 2 is 1.30 bits per heavy atom. The molecule has 0 saturated heterocycles. The molecule has 4 heterocycles. The molecule has 0 aliphatic carbocycles. The van der Waals surface area contributed by atoms with Gasteiger partial charge in [0.25, 0.3) is 0 Å². The lowest BCUT2D eigenvalue weighted by atomic mass is 10.1. The molecule has 4 heteroatoms. The molecule has 0 radical (unpaired) electrons. The maximum Gasteiger partial charge on any atom is 0.0650 e. The fraction of sp³-hybridized carbons (Fsp3) is 0.0526. The second-order valence-electron chi connectivity index (χ2n) is 5.52. The Morgan fingerprint density at radius 3 is 1.74 bits per heavy atom. The zero-order chi connectivity index (χ0) is 15.5. The van der Waals surface area contributed by atoms with Crippen LogP contribution in [-0.4, -0.2) is 22.4 Å². The van der Waals surface area contributed by atoms with E-state index in [9.17, 15) is 0 Å². The van der Waals surface area contributed by atoms with E-state index in [1.165, 1.54) is 11.1 Å². The number of aromatic nitrogens is 2. The van der Waals surface area contributed by atoms with Crippen molar-refractivity contribution in [3.05, 3.63) is 82.7 Å². The van der Waals surface area contributed by atoms with Gasteiger partial charge < -0.3 is 9.97 Å². The Bertz CT molecular complexity index is 795. The van der Waals surface area contributed by atoms with E-state index >= 15 is 0 Å². The monoisotopic (exact) mass is 300 g/mol. The summed E-state index contributed by atoms with van der Waals surface area (Å²) in [5, 5.41) is 0. The van der Waals surface area contributed by atoms with Crippen molar-refractivity contribution in [1.82, 2.24) is 9.97 Å². The highest BCUT2D eigenvalue weighted by atomic mass is 14.8. The van der Waals surface area contributed by atoms with E-state index in [2.05, 4.69) is 32.1 Å². The lowest BCUT2D eigenvalue weighted by Crippen LogP contribution is -1.81. The number of allylic oxidation sites excluding steroid dienone is 4. The van der Waals surface area contributed by atoms with E-state index in [4.69, 9.17) is 0 Å². The molecular formula is C19H16N4. The van der Waals surface area contributed by atoms with Crippen molar-refractivity contribution < 1.29 is 0 Å². The van der Waals surface area contributed by atoms with Gasteiger partial charge in [-0.2, -0.15) is 0 Å². The van der Waals surface area contributed by atoms with Crippen LogP contribution in [0.2, 0.25) is 0 Å². The minimum atomic E-state index is 0.886. The molecule has 2 aliphatic heterocycles. The summed E-state index contributed by atoms with van der Waals surface area (Å²) in [6, 6.07) is 4.31. The molecule has 0 unspecified atom stereocenters. The summed E-state index contributed by atoms with van der Waals surface area (Å²) in [7, 11) is 0. The topological polar surface area (TPSA) is 56.3 Å². The zero-order valence-electron chi connectivity index (χ0n) is 12.5. The van der Waals surface area contributed by atoms with Crippen LogP contribution >= 0.6 is 0 Å². The third-order valence-corrected chi connectivity index (χ3v) is 3.70. The van der Waals surface area contributed by atoms with E-state index in [0.29, 0.717) is 0 Å². The number of hydrogen-bond acceptors (Lipinski definition) is 2. The van der Waals surface area contributed by atoms with Crippen LogP contribution in [0.1, 0.15) is 22.5 Å². The van der Waals surface area contributed by atoms with Crippen molar-refractivity contribution in [2.24, 2.45) is 9.98 Å². The van der Waals surface area contributed by atoms with Crippen LogP contribution in [-0.2, 0) is 6.42 Å². The molecule has 0 fully saturated rings. The summed E-state index contributed by atoms with van der Waals surface area (Å²) in [6.45, 7) is 0. The fourth-order valence-corrected chi connectivity index (χ4v) is 2.64. The average Bonchev–Trinajstić information content (AvgIpc) is 3.31. The minimum absolute atomic E-state index is 0.886. The summed E-state index contributed by atoms with van der Waals surface area (Å²) in [5.41, 5.74) is 6.59. The molecule has 2 aromatic rings. The van der Waals surface area contributed by atoms with Crippen LogP contribution in [0.15, 0.2) is 70.2 Å². The van der Waals surface area contributed by atoms with E-state index in [-0.39, 0.29) is 0 Å². The highest BCUT2D eigenvalue weighted by molar-refractivity contribution is 5.79. The quantitative estimate of drug-likeness (QED) is 0.860. The number of H-pyrrole nitrogens is 2. The first kappa shape index (κ1) is 13.5. The van der Waals surface area contributed by atoms with E-state index in [1.54, 1.807) is 12.4 Å². The lowest BCUT2D eigenvalue weighted by molar-refractivity contribution is 1.20. The van der Waals surface area contributed by atoms with Gasteiger partial charge in [-0.05, 0) is 59.7 Å². The van der Waals surface area contributed by atoms with Crippen LogP contribution in [0.4, 0.5) is 0 Å². The maximum absolute atomic E-state index is 4.25. The first-order valence-electron chi connectivity index (χ1n) is 7.55. The normalized spacial score (nSPS) is 19.0. The van der Waals surface area contributed by atoms with Gasteiger partial charge in [0, 0.05) is 42.6 Å². The SMILES string of the molecule is C1=C/C(=C/c2cc(Cc3c[nH]c(/C=C4\C=CC=N4)c3)c[nH]2)N=C1. The van der Waals surface area contributed by atoms with Crippen molar-refractivity contribution in [2.45, 2.75) is 6.42 Å². The Labute approximate surface area is 134 Å². The molecule has 4 nitrogen and oxygen atoms in total. The van der Waals surface area contributed by atoms with Crippen molar-refractivity contribution in [3.8, 4) is 0 Å². The summed E-state index contributed by atoms with van der Waals surface area (Å²) < 4.78 is 0. The predicted octanol–water partition coefficient (Wildman–Crippen LogP) is 3.90. The predicted molar refractivity (Wildman–Crippen MR) is 95.6 cm³/mol. The summed E-state index contributed by atoms with van der Waals surface area (Å²) in [6.07, 6.45) is 20.5. The highest BCUT2D eigenvalue weighted by Gasteiger charge is 2.04. The first-order valence-corrected chi connectivity index (χ1v) is 7.55. The van der Waals surface area contributed by atoms with E-state index in [0.717, 1.165) is 29.2 Å². The van der Waals surface area contributed by atoms with Crippen molar-refractivity contribution in [1.29, 1.82) is 0 Å². The molecule has 4 rings (SSSR count). The lowest BCUT2D eigenvalue weighted by Gasteiger charge is -1.92. The zero-order valence-corrected chi connectivity index (χ0v) is 12.5. The summed E-state index contributed by atoms with van der Waals surface area (Å²) >= 11 is 0. The second-order valence-corrected chi connectivity index (χ2v) is 5.52.